The van der Waals surface area contributed by atoms with Gasteiger partial charge in [0.1, 0.15) is 17.6 Å². The minimum atomic E-state index is -0.0590. The van der Waals surface area contributed by atoms with E-state index in [1.54, 1.807) is 7.11 Å². The molecule has 3 rings (SSSR count). The minimum Gasteiger partial charge on any atom is -0.497 e. The van der Waals surface area contributed by atoms with Gasteiger partial charge in [-0.25, -0.2) is 0 Å². The highest BCUT2D eigenvalue weighted by atomic mass is 79.9. The van der Waals surface area contributed by atoms with Gasteiger partial charge in [-0.2, -0.15) is 0 Å². The van der Waals surface area contributed by atoms with Crippen molar-refractivity contribution in [3.63, 3.8) is 0 Å². The summed E-state index contributed by atoms with van der Waals surface area (Å²) in [7, 11) is 1.65. The Bertz CT molecular complexity index is 675. The Labute approximate surface area is 140 Å². The normalized spacial score (nSPS) is 20.6. The summed E-state index contributed by atoms with van der Waals surface area (Å²) in [5.74, 6) is 1.64. The monoisotopic (exact) mass is 411 g/mol. The molecule has 2 atom stereocenters. The summed E-state index contributed by atoms with van der Waals surface area (Å²) < 4.78 is 13.4. The van der Waals surface area contributed by atoms with E-state index in [0.717, 1.165) is 38.0 Å². The predicted molar refractivity (Wildman–Crippen MR) is 89.8 cm³/mol. The molecule has 0 spiro atoms. The van der Waals surface area contributed by atoms with Crippen molar-refractivity contribution in [3.05, 3.63) is 56.5 Å². The molecule has 5 heteroatoms. The lowest BCUT2D eigenvalue weighted by Crippen LogP contribution is -2.24. The first-order chi connectivity index (χ1) is 10.1. The minimum absolute atomic E-state index is 0.0368. The smallest absolute Gasteiger partial charge is 0.126 e. The van der Waals surface area contributed by atoms with Crippen molar-refractivity contribution in [2.45, 2.75) is 18.6 Å². The van der Waals surface area contributed by atoms with Crippen LogP contribution in [-0.4, -0.2) is 7.11 Å². The summed E-state index contributed by atoms with van der Waals surface area (Å²) in [6, 6.07) is 11.8. The van der Waals surface area contributed by atoms with Gasteiger partial charge in [0.2, 0.25) is 0 Å². The average Bonchev–Trinajstić information content (AvgIpc) is 2.49. The molecule has 1 heterocycles. The summed E-state index contributed by atoms with van der Waals surface area (Å²) in [5.41, 5.74) is 8.42. The molecule has 1 unspecified atom stereocenters. The zero-order valence-electron chi connectivity index (χ0n) is 11.5. The lowest BCUT2D eigenvalue weighted by Gasteiger charge is -2.31. The largest absolute Gasteiger partial charge is 0.497 e. The Morgan fingerprint density at radius 1 is 1.14 bits per heavy atom. The number of ether oxygens (including phenoxy) is 2. The van der Waals surface area contributed by atoms with Crippen LogP contribution in [0.25, 0.3) is 0 Å². The van der Waals surface area contributed by atoms with Gasteiger partial charge in [-0.1, -0.05) is 6.07 Å². The third-order valence-corrected chi connectivity index (χ3v) is 5.55. The van der Waals surface area contributed by atoms with Crippen LogP contribution >= 0.6 is 31.9 Å². The molecule has 2 N–H and O–H groups in total. The highest BCUT2D eigenvalue weighted by Gasteiger charge is 2.27. The lowest BCUT2D eigenvalue weighted by atomic mass is 9.93. The van der Waals surface area contributed by atoms with E-state index in [9.17, 15) is 0 Å². The van der Waals surface area contributed by atoms with Crippen LogP contribution in [0.15, 0.2) is 45.3 Å². The van der Waals surface area contributed by atoms with E-state index in [4.69, 9.17) is 15.2 Å². The quantitative estimate of drug-likeness (QED) is 0.774. The van der Waals surface area contributed by atoms with Crippen molar-refractivity contribution >= 4 is 31.9 Å². The van der Waals surface area contributed by atoms with Gasteiger partial charge in [0, 0.05) is 27.0 Å². The van der Waals surface area contributed by atoms with Gasteiger partial charge in [0.15, 0.2) is 0 Å². The first-order valence-corrected chi connectivity index (χ1v) is 8.22. The fourth-order valence-corrected chi connectivity index (χ4v) is 3.17. The molecule has 2 aromatic rings. The van der Waals surface area contributed by atoms with Crippen LogP contribution in [0.2, 0.25) is 0 Å². The van der Waals surface area contributed by atoms with E-state index in [1.807, 2.05) is 24.3 Å². The Morgan fingerprint density at radius 2 is 1.95 bits per heavy atom. The van der Waals surface area contributed by atoms with Gasteiger partial charge in [0.25, 0.3) is 0 Å². The second kappa shape index (κ2) is 5.99. The number of hydrogen-bond donors (Lipinski definition) is 1. The summed E-state index contributed by atoms with van der Waals surface area (Å²) in [6.45, 7) is 0. The molecule has 0 radical (unpaired) electrons. The van der Waals surface area contributed by atoms with E-state index in [2.05, 4.69) is 44.0 Å². The first kappa shape index (κ1) is 14.9. The second-order valence-corrected chi connectivity index (χ2v) is 6.73. The number of halogens is 2. The molecule has 0 aliphatic carbocycles. The molecule has 1 aliphatic rings. The van der Waals surface area contributed by atoms with Gasteiger partial charge >= 0.3 is 0 Å². The van der Waals surface area contributed by atoms with E-state index in [0.29, 0.717) is 0 Å². The van der Waals surface area contributed by atoms with Crippen LogP contribution < -0.4 is 15.2 Å². The van der Waals surface area contributed by atoms with E-state index < -0.39 is 0 Å². The summed E-state index contributed by atoms with van der Waals surface area (Å²) >= 11 is 7.01. The van der Waals surface area contributed by atoms with E-state index in [1.165, 1.54) is 0 Å². The van der Waals surface area contributed by atoms with Gasteiger partial charge in [0.05, 0.1) is 7.11 Å². The molecule has 0 fully saturated rings. The third kappa shape index (κ3) is 2.96. The summed E-state index contributed by atoms with van der Waals surface area (Å²) in [6.07, 6.45) is 0.708. The second-order valence-electron chi connectivity index (χ2n) is 5.03. The number of methoxy groups -OCH3 is 1. The van der Waals surface area contributed by atoms with Gasteiger partial charge < -0.3 is 15.2 Å². The molecule has 110 valence electrons. The molecule has 2 aromatic carbocycles. The summed E-state index contributed by atoms with van der Waals surface area (Å²) in [4.78, 5) is 0. The van der Waals surface area contributed by atoms with Crippen molar-refractivity contribution in [1.82, 2.24) is 0 Å². The van der Waals surface area contributed by atoms with Crippen molar-refractivity contribution < 1.29 is 9.47 Å². The van der Waals surface area contributed by atoms with Crippen LogP contribution in [0.1, 0.15) is 29.7 Å². The predicted octanol–water partition coefficient (Wildman–Crippen LogP) is 4.74. The van der Waals surface area contributed by atoms with E-state index >= 15 is 0 Å². The van der Waals surface area contributed by atoms with E-state index in [-0.39, 0.29) is 12.1 Å². The van der Waals surface area contributed by atoms with Crippen molar-refractivity contribution in [2.24, 2.45) is 5.73 Å². The number of hydrogen-bond acceptors (Lipinski definition) is 3. The van der Waals surface area contributed by atoms with Crippen molar-refractivity contribution in [3.8, 4) is 11.5 Å². The van der Waals surface area contributed by atoms with Crippen LogP contribution in [0.5, 0.6) is 11.5 Å². The molecule has 1 aliphatic heterocycles. The maximum absolute atomic E-state index is 6.31. The highest BCUT2D eigenvalue weighted by Crippen LogP contribution is 2.42. The standard InChI is InChI=1S/C16H15Br2NO2/c1-20-10-3-5-15-11(7-10)14(19)8-16(21-15)9-2-4-12(17)13(18)6-9/h2-7,14,16H,8,19H2,1H3/t14-,16?/m0/s1. The SMILES string of the molecule is COc1ccc2c(c1)[C@@H](N)CC(c1ccc(Br)c(Br)c1)O2. The molecular weight excluding hydrogens is 398 g/mol. The number of benzene rings is 2. The fourth-order valence-electron chi connectivity index (χ4n) is 2.53. The van der Waals surface area contributed by atoms with Crippen LogP contribution in [-0.2, 0) is 0 Å². The van der Waals surface area contributed by atoms with Gasteiger partial charge in [-0.15, -0.1) is 0 Å². The number of rotatable bonds is 2. The molecule has 0 amide bonds. The average molecular weight is 413 g/mol. The Morgan fingerprint density at radius 3 is 2.67 bits per heavy atom. The Hall–Kier alpha value is -1.04. The summed E-state index contributed by atoms with van der Waals surface area (Å²) in [5, 5.41) is 0. The number of nitrogens with two attached hydrogens (primary N) is 1. The Balaban J connectivity index is 1.92. The molecule has 0 bridgehead atoms. The van der Waals surface area contributed by atoms with Gasteiger partial charge in [-0.3, -0.25) is 0 Å². The molecule has 21 heavy (non-hydrogen) atoms. The van der Waals surface area contributed by atoms with Crippen LogP contribution in [0.4, 0.5) is 0 Å². The van der Waals surface area contributed by atoms with Crippen LogP contribution in [0, 0.1) is 0 Å². The maximum atomic E-state index is 6.31. The number of fused-ring (bicyclic) bond motifs is 1. The zero-order valence-corrected chi connectivity index (χ0v) is 14.6. The molecule has 0 aromatic heterocycles. The van der Waals surface area contributed by atoms with Crippen LogP contribution in [0.3, 0.4) is 0 Å². The highest BCUT2D eigenvalue weighted by molar-refractivity contribution is 9.13. The third-order valence-electron chi connectivity index (χ3n) is 3.67. The first-order valence-electron chi connectivity index (χ1n) is 6.63. The fraction of sp³-hybridized carbons (Fsp3) is 0.250. The molecule has 3 nitrogen and oxygen atoms in total. The lowest BCUT2D eigenvalue weighted by molar-refractivity contribution is 0.161. The molecule has 0 saturated carbocycles. The van der Waals surface area contributed by atoms with Gasteiger partial charge in [-0.05, 0) is 67.8 Å². The zero-order chi connectivity index (χ0) is 15.0. The molecular formula is C16H15Br2NO2. The van der Waals surface area contributed by atoms with Crippen molar-refractivity contribution in [2.75, 3.05) is 7.11 Å². The van der Waals surface area contributed by atoms with Crippen molar-refractivity contribution in [1.29, 1.82) is 0 Å². The topological polar surface area (TPSA) is 44.5 Å². The molecule has 0 saturated heterocycles. The Kier molecular flexibility index (Phi) is 4.24. The maximum Gasteiger partial charge on any atom is 0.126 e.